The zero-order valence-corrected chi connectivity index (χ0v) is 11.8. The van der Waals surface area contributed by atoms with Crippen molar-refractivity contribution in [3.63, 3.8) is 0 Å². The van der Waals surface area contributed by atoms with Crippen LogP contribution in [0.3, 0.4) is 0 Å². The molecule has 0 fully saturated rings. The number of hydrogen-bond donors (Lipinski definition) is 4. The lowest BCUT2D eigenvalue weighted by Crippen LogP contribution is -2.50. The number of rotatable bonds is 8. The summed E-state index contributed by atoms with van der Waals surface area (Å²) in [5.41, 5.74) is 9.86. The van der Waals surface area contributed by atoms with E-state index in [4.69, 9.17) is 16.7 Å². The maximum atomic E-state index is 11.1. The number of amides is 1. The lowest BCUT2D eigenvalue weighted by Gasteiger charge is -2.24. The van der Waals surface area contributed by atoms with Crippen molar-refractivity contribution in [3.8, 4) is 0 Å². The van der Waals surface area contributed by atoms with Crippen molar-refractivity contribution < 1.29 is 10.0 Å². The Morgan fingerprint density at radius 1 is 1.22 bits per heavy atom. The molecule has 0 saturated carbocycles. The lowest BCUT2D eigenvalue weighted by molar-refractivity contribution is -0.123. The van der Waals surface area contributed by atoms with Crippen LogP contribution in [0.2, 0.25) is 0 Å². The molecule has 0 aromatic rings. The van der Waals surface area contributed by atoms with E-state index in [2.05, 4.69) is 10.5 Å². The second-order valence-electron chi connectivity index (χ2n) is 5.74. The topological polar surface area (TPSA) is 114 Å². The molecule has 1 amide bonds. The van der Waals surface area contributed by atoms with Crippen LogP contribution in [0.4, 0.5) is 0 Å². The van der Waals surface area contributed by atoms with Crippen LogP contribution >= 0.6 is 0 Å². The molecule has 0 atom stereocenters. The standard InChI is InChI=1S/C12H26N4O2/c1-11(2,9(13)16-18)7-5-6-8-15-12(3,4)10(14)17/h15,18H,5-8H2,1-4H3,(H2,13,16)(H2,14,17). The molecule has 106 valence electrons. The van der Waals surface area contributed by atoms with Gasteiger partial charge in [-0.2, -0.15) is 0 Å². The largest absolute Gasteiger partial charge is 0.409 e. The van der Waals surface area contributed by atoms with E-state index >= 15 is 0 Å². The number of nitrogens with two attached hydrogens (primary N) is 2. The van der Waals surface area contributed by atoms with Crippen molar-refractivity contribution in [1.29, 1.82) is 0 Å². The molecule has 0 bridgehead atoms. The molecule has 0 unspecified atom stereocenters. The molecule has 6 nitrogen and oxygen atoms in total. The lowest BCUT2D eigenvalue weighted by atomic mass is 9.86. The number of oxime groups is 1. The van der Waals surface area contributed by atoms with Crippen molar-refractivity contribution in [2.24, 2.45) is 22.0 Å². The number of hydrogen-bond acceptors (Lipinski definition) is 4. The average Bonchev–Trinajstić information content (AvgIpc) is 2.26. The summed E-state index contributed by atoms with van der Waals surface area (Å²) in [5.74, 6) is -0.118. The summed E-state index contributed by atoms with van der Waals surface area (Å²) in [5, 5.41) is 14.8. The number of amidine groups is 1. The first-order valence-corrected chi connectivity index (χ1v) is 6.16. The van der Waals surface area contributed by atoms with Crippen LogP contribution in [0.15, 0.2) is 5.16 Å². The smallest absolute Gasteiger partial charge is 0.237 e. The van der Waals surface area contributed by atoms with Gasteiger partial charge in [0.05, 0.1) is 5.54 Å². The Bertz CT molecular complexity index is 311. The molecule has 0 saturated heterocycles. The van der Waals surface area contributed by atoms with Crippen LogP contribution in [0.5, 0.6) is 0 Å². The zero-order valence-electron chi connectivity index (χ0n) is 11.8. The van der Waals surface area contributed by atoms with Crippen molar-refractivity contribution in [2.45, 2.75) is 52.5 Å². The molecule has 0 spiro atoms. The predicted octanol–water partition coefficient (Wildman–Crippen LogP) is 0.783. The highest BCUT2D eigenvalue weighted by atomic mass is 16.4. The van der Waals surface area contributed by atoms with Crippen molar-refractivity contribution >= 4 is 11.7 Å². The molecule has 0 aromatic carbocycles. The number of unbranched alkanes of at least 4 members (excludes halogenated alkanes) is 1. The number of nitrogens with one attached hydrogen (secondary N) is 1. The van der Waals surface area contributed by atoms with E-state index in [0.29, 0.717) is 6.54 Å². The van der Waals surface area contributed by atoms with Crippen LogP contribution in [0.25, 0.3) is 0 Å². The normalized spacial score (nSPS) is 13.7. The number of primary amides is 1. The fourth-order valence-electron chi connectivity index (χ4n) is 1.44. The second kappa shape index (κ2) is 6.58. The van der Waals surface area contributed by atoms with E-state index in [-0.39, 0.29) is 17.2 Å². The van der Waals surface area contributed by atoms with Crippen LogP contribution in [0, 0.1) is 5.41 Å². The first kappa shape index (κ1) is 16.7. The first-order chi connectivity index (χ1) is 8.13. The maximum Gasteiger partial charge on any atom is 0.237 e. The molecule has 0 aliphatic heterocycles. The maximum absolute atomic E-state index is 11.1. The molecule has 18 heavy (non-hydrogen) atoms. The van der Waals surface area contributed by atoms with E-state index < -0.39 is 5.54 Å². The molecule has 0 aliphatic rings. The summed E-state index contributed by atoms with van der Waals surface area (Å²) in [7, 11) is 0. The SMILES string of the molecule is CC(C)(CCCCNC(C)(C)C(N)=O)C(N)=NO. The second-order valence-corrected chi connectivity index (χ2v) is 5.74. The highest BCUT2D eigenvalue weighted by Crippen LogP contribution is 2.23. The van der Waals surface area contributed by atoms with Gasteiger partial charge in [-0.25, -0.2) is 0 Å². The molecule has 0 heterocycles. The summed E-state index contributed by atoms with van der Waals surface area (Å²) in [6.07, 6.45) is 2.64. The fourth-order valence-corrected chi connectivity index (χ4v) is 1.44. The molecular formula is C12H26N4O2. The van der Waals surface area contributed by atoms with E-state index in [1.54, 1.807) is 13.8 Å². The van der Waals surface area contributed by atoms with Crippen molar-refractivity contribution in [2.75, 3.05) is 6.54 Å². The Morgan fingerprint density at radius 3 is 2.22 bits per heavy atom. The Labute approximate surface area is 109 Å². The number of nitrogens with zero attached hydrogens (tertiary/aromatic N) is 1. The van der Waals surface area contributed by atoms with Crippen LogP contribution < -0.4 is 16.8 Å². The molecular weight excluding hydrogens is 232 g/mol. The number of carbonyl (C=O) groups is 1. The quantitative estimate of drug-likeness (QED) is 0.169. The van der Waals surface area contributed by atoms with Gasteiger partial charge in [0, 0.05) is 5.41 Å². The zero-order chi connectivity index (χ0) is 14.4. The minimum absolute atomic E-state index is 0.243. The third-order valence-electron chi connectivity index (χ3n) is 3.21. The van der Waals surface area contributed by atoms with Crippen LogP contribution in [0.1, 0.15) is 47.0 Å². The Kier molecular flexibility index (Phi) is 6.11. The summed E-state index contributed by atoms with van der Waals surface area (Å²) in [4.78, 5) is 11.1. The van der Waals surface area contributed by atoms with Gasteiger partial charge in [-0.3, -0.25) is 4.79 Å². The third-order valence-corrected chi connectivity index (χ3v) is 3.21. The van der Waals surface area contributed by atoms with Gasteiger partial charge in [-0.15, -0.1) is 0 Å². The van der Waals surface area contributed by atoms with Gasteiger partial charge >= 0.3 is 0 Å². The van der Waals surface area contributed by atoms with Gasteiger partial charge in [0.2, 0.25) is 5.91 Å². The average molecular weight is 258 g/mol. The summed E-state index contributed by atoms with van der Waals surface area (Å²) in [6, 6.07) is 0. The Hall–Kier alpha value is -1.30. The highest BCUT2D eigenvalue weighted by Gasteiger charge is 2.24. The van der Waals surface area contributed by atoms with Crippen molar-refractivity contribution in [1.82, 2.24) is 5.32 Å². The van der Waals surface area contributed by atoms with Crippen LogP contribution in [-0.2, 0) is 4.79 Å². The van der Waals surface area contributed by atoms with E-state index in [9.17, 15) is 4.79 Å². The summed E-state index contributed by atoms with van der Waals surface area (Å²) < 4.78 is 0. The van der Waals surface area contributed by atoms with E-state index in [1.165, 1.54) is 0 Å². The minimum atomic E-state index is -0.679. The highest BCUT2D eigenvalue weighted by molar-refractivity contribution is 5.85. The van der Waals surface area contributed by atoms with Gasteiger partial charge in [-0.05, 0) is 33.2 Å². The van der Waals surface area contributed by atoms with Crippen LogP contribution in [-0.4, -0.2) is 29.0 Å². The molecule has 6 N–H and O–H groups in total. The number of carbonyl (C=O) groups excluding carboxylic acids is 1. The van der Waals surface area contributed by atoms with Gasteiger partial charge in [-0.1, -0.05) is 25.4 Å². The molecule has 6 heteroatoms. The van der Waals surface area contributed by atoms with Crippen molar-refractivity contribution in [3.05, 3.63) is 0 Å². The monoisotopic (exact) mass is 258 g/mol. The minimum Gasteiger partial charge on any atom is -0.409 e. The summed E-state index contributed by atoms with van der Waals surface area (Å²) in [6.45, 7) is 8.10. The van der Waals surface area contributed by atoms with E-state index in [1.807, 2.05) is 13.8 Å². The third kappa shape index (κ3) is 5.35. The Balaban J connectivity index is 3.92. The molecule has 0 aliphatic carbocycles. The molecule has 0 rings (SSSR count). The van der Waals surface area contributed by atoms with Gasteiger partial charge < -0.3 is 22.0 Å². The Morgan fingerprint density at radius 2 is 1.78 bits per heavy atom. The molecule has 0 aromatic heterocycles. The summed E-state index contributed by atoms with van der Waals surface area (Å²) >= 11 is 0. The van der Waals surface area contributed by atoms with Gasteiger partial charge in [0.25, 0.3) is 0 Å². The van der Waals surface area contributed by atoms with E-state index in [0.717, 1.165) is 19.3 Å². The van der Waals surface area contributed by atoms with Gasteiger partial charge in [0.1, 0.15) is 5.84 Å². The van der Waals surface area contributed by atoms with Gasteiger partial charge in [0.15, 0.2) is 0 Å². The molecule has 0 radical (unpaired) electrons. The first-order valence-electron chi connectivity index (χ1n) is 6.16. The fraction of sp³-hybridized carbons (Fsp3) is 0.833. The predicted molar refractivity (Wildman–Crippen MR) is 72.3 cm³/mol.